The molecule has 0 aromatic carbocycles. The minimum Gasteiger partial charge on any atom is -0.396 e. The number of piperidine rings is 1. The molecule has 1 saturated heterocycles. The largest absolute Gasteiger partial charge is 0.396 e. The SMILES string of the molecule is O=C(c1ccc([N+](=O)[O-])[nH]1)N1CCCC(CO)C1. The Balaban J connectivity index is 2.07. The van der Waals surface area contributed by atoms with E-state index in [0.717, 1.165) is 12.8 Å². The van der Waals surface area contributed by atoms with Crippen LogP contribution in [-0.2, 0) is 0 Å². The van der Waals surface area contributed by atoms with Crippen molar-refractivity contribution in [1.82, 2.24) is 9.88 Å². The van der Waals surface area contributed by atoms with E-state index in [0.29, 0.717) is 13.1 Å². The van der Waals surface area contributed by atoms with Gasteiger partial charge >= 0.3 is 5.82 Å². The van der Waals surface area contributed by atoms with Crippen LogP contribution in [0.25, 0.3) is 0 Å². The third kappa shape index (κ3) is 2.51. The topological polar surface area (TPSA) is 99.5 Å². The fourth-order valence-electron chi connectivity index (χ4n) is 2.18. The molecule has 1 unspecified atom stereocenters. The predicted octanol–water partition coefficient (Wildman–Crippen LogP) is 0.767. The highest BCUT2D eigenvalue weighted by molar-refractivity contribution is 5.93. The quantitative estimate of drug-likeness (QED) is 0.613. The van der Waals surface area contributed by atoms with Crippen molar-refractivity contribution < 1.29 is 14.8 Å². The summed E-state index contributed by atoms with van der Waals surface area (Å²) in [4.78, 5) is 26.2. The van der Waals surface area contributed by atoms with E-state index < -0.39 is 4.92 Å². The number of aliphatic hydroxyl groups is 1. The van der Waals surface area contributed by atoms with Crippen LogP contribution < -0.4 is 0 Å². The van der Waals surface area contributed by atoms with Gasteiger partial charge in [-0.1, -0.05) is 0 Å². The minimum atomic E-state index is -0.566. The molecule has 1 aliphatic heterocycles. The lowest BCUT2D eigenvalue weighted by atomic mass is 9.99. The summed E-state index contributed by atoms with van der Waals surface area (Å²) in [7, 11) is 0. The molecule has 0 spiro atoms. The number of nitro groups is 1. The molecule has 98 valence electrons. The summed E-state index contributed by atoms with van der Waals surface area (Å²) in [5, 5.41) is 19.6. The van der Waals surface area contributed by atoms with Crippen LogP contribution in [0.2, 0.25) is 0 Å². The number of rotatable bonds is 3. The Bertz CT molecular complexity index is 457. The lowest BCUT2D eigenvalue weighted by molar-refractivity contribution is -0.389. The molecule has 2 rings (SSSR count). The molecule has 7 heteroatoms. The average molecular weight is 253 g/mol. The molecule has 0 radical (unpaired) electrons. The summed E-state index contributed by atoms with van der Waals surface area (Å²) >= 11 is 0. The Hall–Kier alpha value is -1.89. The van der Waals surface area contributed by atoms with Gasteiger partial charge in [-0.3, -0.25) is 4.79 Å². The van der Waals surface area contributed by atoms with Crippen LogP contribution in [0.3, 0.4) is 0 Å². The lowest BCUT2D eigenvalue weighted by Crippen LogP contribution is -2.41. The first kappa shape index (κ1) is 12.6. The van der Waals surface area contributed by atoms with Crippen molar-refractivity contribution in [3.05, 3.63) is 27.9 Å². The number of aliphatic hydroxyl groups excluding tert-OH is 1. The van der Waals surface area contributed by atoms with Crippen LogP contribution in [0.1, 0.15) is 23.3 Å². The van der Waals surface area contributed by atoms with E-state index in [1.54, 1.807) is 4.90 Å². The van der Waals surface area contributed by atoms with E-state index in [2.05, 4.69) is 4.98 Å². The molecular weight excluding hydrogens is 238 g/mol. The van der Waals surface area contributed by atoms with Gasteiger partial charge < -0.3 is 20.1 Å². The molecule has 0 aliphatic carbocycles. The fraction of sp³-hybridized carbons (Fsp3) is 0.545. The Morgan fingerprint density at radius 2 is 2.39 bits per heavy atom. The Kier molecular flexibility index (Phi) is 3.61. The number of nitrogens with zero attached hydrogens (tertiary/aromatic N) is 2. The summed E-state index contributed by atoms with van der Waals surface area (Å²) < 4.78 is 0. The summed E-state index contributed by atoms with van der Waals surface area (Å²) in [5.74, 6) is -0.331. The predicted molar refractivity (Wildman–Crippen MR) is 63.2 cm³/mol. The van der Waals surface area contributed by atoms with Gasteiger partial charge in [-0.05, 0) is 29.7 Å². The monoisotopic (exact) mass is 253 g/mol. The van der Waals surface area contributed by atoms with Gasteiger partial charge in [-0.2, -0.15) is 0 Å². The molecular formula is C11H15N3O4. The number of carbonyl (C=O) groups excluding carboxylic acids is 1. The van der Waals surface area contributed by atoms with Gasteiger partial charge in [0.2, 0.25) is 0 Å². The van der Waals surface area contributed by atoms with E-state index in [-0.39, 0.29) is 29.9 Å². The molecule has 1 aromatic heterocycles. The van der Waals surface area contributed by atoms with Crippen LogP contribution in [0, 0.1) is 16.0 Å². The Morgan fingerprint density at radius 3 is 3.00 bits per heavy atom. The fourth-order valence-corrected chi connectivity index (χ4v) is 2.18. The number of hydrogen-bond acceptors (Lipinski definition) is 4. The second kappa shape index (κ2) is 5.18. The van der Waals surface area contributed by atoms with E-state index in [1.807, 2.05) is 0 Å². The van der Waals surface area contributed by atoms with Crippen molar-refractivity contribution in [2.75, 3.05) is 19.7 Å². The summed E-state index contributed by atoms with van der Waals surface area (Å²) in [6, 6.07) is 2.70. The normalized spacial score (nSPS) is 19.8. The molecule has 1 aliphatic rings. The van der Waals surface area contributed by atoms with E-state index in [1.165, 1.54) is 12.1 Å². The summed E-state index contributed by atoms with van der Waals surface area (Å²) in [6.45, 7) is 1.19. The van der Waals surface area contributed by atoms with Crippen molar-refractivity contribution in [3.8, 4) is 0 Å². The van der Waals surface area contributed by atoms with Crippen molar-refractivity contribution >= 4 is 11.7 Å². The van der Waals surface area contributed by atoms with Crippen molar-refractivity contribution in [1.29, 1.82) is 0 Å². The number of carbonyl (C=O) groups is 1. The van der Waals surface area contributed by atoms with Crippen LogP contribution in [-0.4, -0.2) is 45.5 Å². The van der Waals surface area contributed by atoms with Gasteiger partial charge in [-0.25, -0.2) is 4.98 Å². The second-order valence-corrected chi connectivity index (χ2v) is 4.46. The van der Waals surface area contributed by atoms with E-state index in [4.69, 9.17) is 5.11 Å². The first-order valence-electron chi connectivity index (χ1n) is 5.85. The number of amides is 1. The van der Waals surface area contributed by atoms with Gasteiger partial charge in [-0.15, -0.1) is 0 Å². The van der Waals surface area contributed by atoms with E-state index >= 15 is 0 Å². The van der Waals surface area contributed by atoms with Gasteiger partial charge in [0.15, 0.2) is 5.69 Å². The number of H-pyrrole nitrogens is 1. The maximum atomic E-state index is 12.1. The number of aromatic amines is 1. The zero-order valence-corrected chi connectivity index (χ0v) is 9.83. The molecule has 18 heavy (non-hydrogen) atoms. The van der Waals surface area contributed by atoms with Crippen LogP contribution >= 0.6 is 0 Å². The highest BCUT2D eigenvalue weighted by Gasteiger charge is 2.26. The van der Waals surface area contributed by atoms with Crippen LogP contribution in [0.5, 0.6) is 0 Å². The Labute approximate surface area is 104 Å². The molecule has 1 aromatic rings. The minimum absolute atomic E-state index is 0.0641. The molecule has 2 N–H and O–H groups in total. The molecule has 1 atom stereocenters. The molecule has 0 bridgehead atoms. The summed E-state index contributed by atoms with van der Waals surface area (Å²) in [6.07, 6.45) is 1.75. The number of hydrogen-bond donors (Lipinski definition) is 2. The third-order valence-electron chi connectivity index (χ3n) is 3.16. The molecule has 1 amide bonds. The van der Waals surface area contributed by atoms with Gasteiger partial charge in [0.05, 0.1) is 0 Å². The van der Waals surface area contributed by atoms with E-state index in [9.17, 15) is 14.9 Å². The zero-order valence-electron chi connectivity index (χ0n) is 9.83. The number of aromatic nitrogens is 1. The highest BCUT2D eigenvalue weighted by Crippen LogP contribution is 2.19. The molecule has 0 saturated carbocycles. The van der Waals surface area contributed by atoms with Crippen LogP contribution in [0.4, 0.5) is 5.82 Å². The van der Waals surface area contributed by atoms with Gasteiger partial charge in [0.25, 0.3) is 5.91 Å². The van der Waals surface area contributed by atoms with Crippen molar-refractivity contribution in [2.45, 2.75) is 12.8 Å². The number of likely N-dealkylation sites (tertiary alicyclic amines) is 1. The molecule has 7 nitrogen and oxygen atoms in total. The Morgan fingerprint density at radius 1 is 1.61 bits per heavy atom. The maximum Gasteiger partial charge on any atom is 0.321 e. The average Bonchev–Trinajstić information content (AvgIpc) is 2.87. The third-order valence-corrected chi connectivity index (χ3v) is 3.16. The van der Waals surface area contributed by atoms with Gasteiger partial charge in [0, 0.05) is 25.8 Å². The smallest absolute Gasteiger partial charge is 0.321 e. The zero-order chi connectivity index (χ0) is 13.1. The molecule has 1 fully saturated rings. The van der Waals surface area contributed by atoms with Gasteiger partial charge in [0.1, 0.15) is 0 Å². The first-order chi connectivity index (χ1) is 8.61. The maximum absolute atomic E-state index is 12.1. The van der Waals surface area contributed by atoms with Crippen molar-refractivity contribution in [2.24, 2.45) is 5.92 Å². The summed E-state index contributed by atoms with van der Waals surface area (Å²) in [5.41, 5.74) is 0.222. The lowest BCUT2D eigenvalue weighted by Gasteiger charge is -2.30. The molecule has 2 heterocycles. The first-order valence-corrected chi connectivity index (χ1v) is 5.85. The second-order valence-electron chi connectivity index (χ2n) is 4.46. The van der Waals surface area contributed by atoms with Crippen molar-refractivity contribution in [3.63, 3.8) is 0 Å². The standard InChI is InChI=1S/C11H15N3O4/c15-7-8-2-1-5-13(6-8)11(16)9-3-4-10(12-9)14(17)18/h3-4,8,12,15H,1-2,5-7H2. The van der Waals surface area contributed by atoms with Crippen LogP contribution in [0.15, 0.2) is 12.1 Å². The highest BCUT2D eigenvalue weighted by atomic mass is 16.6. The number of nitrogens with one attached hydrogen (secondary N) is 1.